The number of piperidine rings is 1. The van der Waals surface area contributed by atoms with Crippen LogP contribution in [-0.2, 0) is 20.9 Å². The first-order valence-electron chi connectivity index (χ1n) is 8.65. The molecule has 0 spiro atoms. The van der Waals surface area contributed by atoms with E-state index in [1.807, 2.05) is 35.2 Å². The minimum Gasteiger partial charge on any atom is -0.342 e. The Kier molecular flexibility index (Phi) is 4.97. The average Bonchev–Trinajstić information content (AvgIpc) is 2.96. The van der Waals surface area contributed by atoms with Crippen LogP contribution in [-0.4, -0.2) is 47.0 Å². The maximum atomic E-state index is 12.7. The topological polar surface area (TPSA) is 57.7 Å². The van der Waals surface area contributed by atoms with E-state index in [0.717, 1.165) is 18.4 Å². The molecule has 1 atom stereocenters. The Balaban J connectivity index is 1.55. The second-order valence-corrected chi connectivity index (χ2v) is 6.87. The van der Waals surface area contributed by atoms with E-state index < -0.39 is 0 Å². The Hall–Kier alpha value is -2.17. The number of benzene rings is 1. The first-order chi connectivity index (χ1) is 11.5. The number of carbonyl (C=O) groups is 3. The number of rotatable bonds is 4. The lowest BCUT2D eigenvalue weighted by molar-refractivity contribution is -0.138. The number of carbonyl (C=O) groups excluding carboxylic acids is 3. The summed E-state index contributed by atoms with van der Waals surface area (Å²) < 4.78 is 0. The lowest BCUT2D eigenvalue weighted by Crippen LogP contribution is -2.43. The van der Waals surface area contributed by atoms with E-state index in [2.05, 4.69) is 0 Å². The van der Waals surface area contributed by atoms with Crippen LogP contribution in [0, 0.1) is 11.8 Å². The normalized spacial score (nSPS) is 22.0. The van der Waals surface area contributed by atoms with Crippen molar-refractivity contribution >= 4 is 17.6 Å². The highest BCUT2D eigenvalue weighted by atomic mass is 16.2. The highest BCUT2D eigenvalue weighted by Crippen LogP contribution is 2.25. The molecule has 2 heterocycles. The van der Waals surface area contributed by atoms with E-state index in [0.29, 0.717) is 32.6 Å². The van der Waals surface area contributed by atoms with Gasteiger partial charge < -0.3 is 9.80 Å². The number of likely N-dealkylation sites (tertiary alicyclic amines) is 2. The van der Waals surface area contributed by atoms with Crippen LogP contribution in [0.15, 0.2) is 30.3 Å². The molecule has 0 aromatic heterocycles. The van der Waals surface area contributed by atoms with Gasteiger partial charge in [-0.05, 0) is 25.3 Å². The summed E-state index contributed by atoms with van der Waals surface area (Å²) >= 11 is 0. The fraction of sp³-hybridized carbons (Fsp3) is 0.526. The third-order valence-electron chi connectivity index (χ3n) is 5.16. The first-order valence-corrected chi connectivity index (χ1v) is 8.65. The SMILES string of the molecule is CC(=O)C1CCN(C(=O)C2CC(=O)N(Cc3ccccc3)C2)CC1. The van der Waals surface area contributed by atoms with Crippen molar-refractivity contribution in [2.45, 2.75) is 32.7 Å². The van der Waals surface area contributed by atoms with Crippen LogP contribution in [0.5, 0.6) is 0 Å². The van der Waals surface area contributed by atoms with Crippen LogP contribution in [0.1, 0.15) is 31.7 Å². The molecule has 1 aromatic rings. The fourth-order valence-electron chi connectivity index (χ4n) is 3.66. The van der Waals surface area contributed by atoms with Gasteiger partial charge in [-0.2, -0.15) is 0 Å². The molecular formula is C19H24N2O3. The second-order valence-electron chi connectivity index (χ2n) is 6.87. The zero-order valence-electron chi connectivity index (χ0n) is 14.1. The molecule has 1 aromatic carbocycles. The van der Waals surface area contributed by atoms with Gasteiger partial charge in [0.25, 0.3) is 0 Å². The van der Waals surface area contributed by atoms with E-state index in [1.165, 1.54) is 0 Å². The molecule has 128 valence electrons. The van der Waals surface area contributed by atoms with Crippen molar-refractivity contribution in [1.82, 2.24) is 9.80 Å². The number of nitrogens with zero attached hydrogens (tertiary/aromatic N) is 2. The van der Waals surface area contributed by atoms with Crippen molar-refractivity contribution in [3.05, 3.63) is 35.9 Å². The van der Waals surface area contributed by atoms with Crippen LogP contribution in [0.3, 0.4) is 0 Å². The summed E-state index contributed by atoms with van der Waals surface area (Å²) in [6, 6.07) is 9.85. The molecule has 2 fully saturated rings. The summed E-state index contributed by atoms with van der Waals surface area (Å²) in [5.74, 6) is 0.188. The van der Waals surface area contributed by atoms with E-state index in [1.54, 1.807) is 11.8 Å². The quantitative estimate of drug-likeness (QED) is 0.848. The molecule has 5 heteroatoms. The molecule has 0 radical (unpaired) electrons. The molecule has 1 unspecified atom stereocenters. The number of Topliss-reactive ketones (excluding diaryl/α,β-unsaturated/α-hetero) is 1. The number of hydrogen-bond acceptors (Lipinski definition) is 3. The zero-order chi connectivity index (χ0) is 17.1. The molecule has 2 aliphatic rings. The molecule has 0 bridgehead atoms. The Morgan fingerprint density at radius 1 is 1.08 bits per heavy atom. The molecular weight excluding hydrogens is 304 g/mol. The maximum absolute atomic E-state index is 12.7. The highest BCUT2D eigenvalue weighted by molar-refractivity contribution is 5.89. The summed E-state index contributed by atoms with van der Waals surface area (Å²) in [6.45, 7) is 3.95. The van der Waals surface area contributed by atoms with Crippen molar-refractivity contribution < 1.29 is 14.4 Å². The van der Waals surface area contributed by atoms with Crippen molar-refractivity contribution in [3.63, 3.8) is 0 Å². The summed E-state index contributed by atoms with van der Waals surface area (Å²) in [6.07, 6.45) is 1.79. The van der Waals surface area contributed by atoms with E-state index in [9.17, 15) is 14.4 Å². The van der Waals surface area contributed by atoms with Gasteiger partial charge in [0.2, 0.25) is 11.8 Å². The molecule has 5 nitrogen and oxygen atoms in total. The van der Waals surface area contributed by atoms with E-state index >= 15 is 0 Å². The Morgan fingerprint density at radius 2 is 1.75 bits per heavy atom. The molecule has 2 amide bonds. The van der Waals surface area contributed by atoms with Gasteiger partial charge in [0.15, 0.2) is 0 Å². The van der Waals surface area contributed by atoms with Gasteiger partial charge in [-0.15, -0.1) is 0 Å². The summed E-state index contributed by atoms with van der Waals surface area (Å²) in [4.78, 5) is 40.0. The summed E-state index contributed by atoms with van der Waals surface area (Å²) in [5, 5.41) is 0. The zero-order valence-corrected chi connectivity index (χ0v) is 14.1. The molecule has 2 aliphatic heterocycles. The predicted octanol–water partition coefficient (Wildman–Crippen LogP) is 1.86. The van der Waals surface area contributed by atoms with Gasteiger partial charge in [0.05, 0.1) is 5.92 Å². The largest absolute Gasteiger partial charge is 0.342 e. The van der Waals surface area contributed by atoms with Gasteiger partial charge >= 0.3 is 0 Å². The molecule has 24 heavy (non-hydrogen) atoms. The first kappa shape index (κ1) is 16.7. The van der Waals surface area contributed by atoms with Gasteiger partial charge in [0.1, 0.15) is 5.78 Å². The Bertz CT molecular complexity index is 621. The Labute approximate surface area is 142 Å². The fourth-order valence-corrected chi connectivity index (χ4v) is 3.66. The van der Waals surface area contributed by atoms with E-state index in [-0.39, 0.29) is 29.4 Å². The molecule has 2 saturated heterocycles. The number of amides is 2. The third kappa shape index (κ3) is 3.66. The van der Waals surface area contributed by atoms with Gasteiger partial charge in [-0.25, -0.2) is 0 Å². The lowest BCUT2D eigenvalue weighted by Gasteiger charge is -2.32. The van der Waals surface area contributed by atoms with Gasteiger partial charge in [-0.1, -0.05) is 30.3 Å². The van der Waals surface area contributed by atoms with Crippen molar-refractivity contribution in [2.75, 3.05) is 19.6 Å². The average molecular weight is 328 g/mol. The molecule has 3 rings (SSSR count). The van der Waals surface area contributed by atoms with Crippen LogP contribution in [0.4, 0.5) is 0 Å². The molecule has 0 N–H and O–H groups in total. The van der Waals surface area contributed by atoms with Crippen LogP contribution < -0.4 is 0 Å². The van der Waals surface area contributed by atoms with Crippen molar-refractivity contribution in [1.29, 1.82) is 0 Å². The van der Waals surface area contributed by atoms with E-state index in [4.69, 9.17) is 0 Å². The van der Waals surface area contributed by atoms with Crippen LogP contribution in [0.2, 0.25) is 0 Å². The summed E-state index contributed by atoms with van der Waals surface area (Å²) in [5.41, 5.74) is 1.08. The highest BCUT2D eigenvalue weighted by Gasteiger charge is 2.37. The summed E-state index contributed by atoms with van der Waals surface area (Å²) in [7, 11) is 0. The van der Waals surface area contributed by atoms with Gasteiger partial charge in [-0.3, -0.25) is 14.4 Å². The molecule has 0 aliphatic carbocycles. The van der Waals surface area contributed by atoms with Crippen LogP contribution in [0.25, 0.3) is 0 Å². The monoisotopic (exact) mass is 328 g/mol. The number of hydrogen-bond donors (Lipinski definition) is 0. The number of ketones is 1. The Morgan fingerprint density at radius 3 is 2.38 bits per heavy atom. The molecule has 0 saturated carbocycles. The lowest BCUT2D eigenvalue weighted by atomic mass is 9.92. The van der Waals surface area contributed by atoms with Gasteiger partial charge in [0, 0.05) is 38.5 Å². The standard InChI is InChI=1S/C19H24N2O3/c1-14(22)16-7-9-20(10-8-16)19(24)17-11-18(23)21(13-17)12-15-5-3-2-4-6-15/h2-6,16-17H,7-13H2,1H3. The minimum absolute atomic E-state index is 0.0517. The predicted molar refractivity (Wildman–Crippen MR) is 90.0 cm³/mol. The smallest absolute Gasteiger partial charge is 0.227 e. The second kappa shape index (κ2) is 7.16. The van der Waals surface area contributed by atoms with Crippen molar-refractivity contribution in [3.8, 4) is 0 Å². The maximum Gasteiger partial charge on any atom is 0.227 e. The minimum atomic E-state index is -0.241. The van der Waals surface area contributed by atoms with Crippen molar-refractivity contribution in [2.24, 2.45) is 11.8 Å². The third-order valence-corrected chi connectivity index (χ3v) is 5.16. The van der Waals surface area contributed by atoms with Crippen LogP contribution >= 0.6 is 0 Å².